The first kappa shape index (κ1) is 16.6. The summed E-state index contributed by atoms with van der Waals surface area (Å²) in [7, 11) is 1.59. The predicted molar refractivity (Wildman–Crippen MR) is 99.9 cm³/mol. The maximum absolute atomic E-state index is 13.0. The van der Waals surface area contributed by atoms with Gasteiger partial charge in [-0.05, 0) is 35.9 Å². The summed E-state index contributed by atoms with van der Waals surface area (Å²) in [5.74, 6) is -0.834. The lowest BCUT2D eigenvalue weighted by atomic mass is 9.95. The fraction of sp³-hybridized carbons (Fsp3) is 0.0500. The maximum atomic E-state index is 13.0. The molecular formula is C20H15N3O4. The van der Waals surface area contributed by atoms with E-state index in [9.17, 15) is 19.5 Å². The van der Waals surface area contributed by atoms with Crippen LogP contribution in [-0.4, -0.2) is 34.0 Å². The lowest BCUT2D eigenvalue weighted by Crippen LogP contribution is -2.44. The number of nitrogens with zero attached hydrogens (tertiary/aromatic N) is 1. The molecule has 0 unspecified atom stereocenters. The number of hydrogen-bond donors (Lipinski definition) is 3. The molecule has 4 rings (SSSR count). The van der Waals surface area contributed by atoms with Crippen molar-refractivity contribution >= 4 is 29.0 Å². The lowest BCUT2D eigenvalue weighted by Gasteiger charge is -2.25. The van der Waals surface area contributed by atoms with E-state index in [4.69, 9.17) is 0 Å². The minimum atomic E-state index is -0.491. The molecule has 27 heavy (non-hydrogen) atoms. The highest BCUT2D eigenvalue weighted by Crippen LogP contribution is 2.28. The van der Waals surface area contributed by atoms with Gasteiger partial charge in [-0.2, -0.15) is 0 Å². The number of aromatic hydroxyl groups is 1. The number of nitrogens with one attached hydrogen (secondary N) is 2. The van der Waals surface area contributed by atoms with Crippen LogP contribution in [0.1, 0.15) is 15.9 Å². The summed E-state index contributed by atoms with van der Waals surface area (Å²) in [5, 5.41) is 14.8. The first-order valence-corrected chi connectivity index (χ1v) is 8.21. The van der Waals surface area contributed by atoms with Crippen molar-refractivity contribution < 1.29 is 14.7 Å². The Morgan fingerprint density at radius 2 is 1.67 bits per heavy atom. The van der Waals surface area contributed by atoms with E-state index in [1.807, 2.05) is 0 Å². The minimum absolute atomic E-state index is 0.0976. The minimum Gasteiger partial charge on any atom is -0.508 e. The van der Waals surface area contributed by atoms with Crippen molar-refractivity contribution in [3.8, 4) is 5.75 Å². The number of benzene rings is 2. The molecule has 0 aliphatic carbocycles. The first-order valence-electron chi connectivity index (χ1n) is 8.21. The molecule has 1 aliphatic rings. The third-order valence-corrected chi connectivity index (χ3v) is 4.52. The van der Waals surface area contributed by atoms with E-state index in [-0.39, 0.29) is 21.9 Å². The molecule has 2 heterocycles. The number of aromatic amines is 2. The van der Waals surface area contributed by atoms with Crippen LogP contribution < -0.4 is 21.0 Å². The number of ketones is 1. The van der Waals surface area contributed by atoms with Gasteiger partial charge in [-0.15, -0.1) is 0 Å². The Balaban J connectivity index is 2.03. The van der Waals surface area contributed by atoms with Crippen molar-refractivity contribution in [1.82, 2.24) is 10.2 Å². The summed E-state index contributed by atoms with van der Waals surface area (Å²) in [6.45, 7) is 0. The molecule has 1 aromatic heterocycles. The standard InChI is InChI=1S/C20H15N3O4/c1-23-15-5-3-2-4-13(15)18(25)16(20(23)27)17-14(19(26)22-21-17)10-11-6-8-12(24)9-7-11/h2-10,21,24H,1H3,(H,22,26)/b14-10-,17-16-. The molecule has 0 radical (unpaired) electrons. The van der Waals surface area contributed by atoms with Gasteiger partial charge in [-0.3, -0.25) is 24.6 Å². The van der Waals surface area contributed by atoms with E-state index < -0.39 is 17.2 Å². The Labute approximate surface area is 152 Å². The SMILES string of the molecule is CN1C(=O)/C(=c2\[nH][nH]c(=O)\c2=C/c2ccc(O)cc2)C(=O)c2ccccc21. The van der Waals surface area contributed by atoms with Crippen molar-refractivity contribution in [1.29, 1.82) is 0 Å². The number of fused-ring (bicyclic) bond motifs is 1. The van der Waals surface area contributed by atoms with Gasteiger partial charge in [0.2, 0.25) is 5.78 Å². The Hall–Kier alpha value is -3.87. The number of aromatic nitrogens is 2. The number of Topliss-reactive ketones (excluding diaryl/α,β-unsaturated/α-hetero) is 1. The molecule has 1 amide bonds. The van der Waals surface area contributed by atoms with E-state index in [2.05, 4.69) is 10.2 Å². The normalized spacial score (nSPS) is 16.6. The van der Waals surface area contributed by atoms with E-state index in [0.717, 1.165) is 0 Å². The summed E-state index contributed by atoms with van der Waals surface area (Å²) in [4.78, 5) is 39.5. The van der Waals surface area contributed by atoms with Crippen LogP contribution in [0.3, 0.4) is 0 Å². The molecule has 2 aromatic carbocycles. The van der Waals surface area contributed by atoms with Gasteiger partial charge in [0.05, 0.1) is 16.3 Å². The number of H-pyrrole nitrogens is 2. The zero-order valence-corrected chi connectivity index (χ0v) is 14.3. The number of anilines is 1. The van der Waals surface area contributed by atoms with Gasteiger partial charge < -0.3 is 10.0 Å². The van der Waals surface area contributed by atoms with Crippen LogP contribution >= 0.6 is 0 Å². The highest BCUT2D eigenvalue weighted by atomic mass is 16.3. The van der Waals surface area contributed by atoms with Crippen LogP contribution in [0, 0.1) is 0 Å². The average molecular weight is 361 g/mol. The molecule has 7 heteroatoms. The third kappa shape index (κ3) is 2.65. The monoisotopic (exact) mass is 361 g/mol. The summed E-state index contributed by atoms with van der Waals surface area (Å²) in [6, 6.07) is 13.1. The molecule has 134 valence electrons. The van der Waals surface area contributed by atoms with Crippen molar-refractivity contribution in [3.63, 3.8) is 0 Å². The number of rotatable bonds is 1. The van der Waals surface area contributed by atoms with Crippen LogP contribution in [0.25, 0.3) is 11.6 Å². The second kappa shape index (κ2) is 6.14. The molecule has 0 fully saturated rings. The molecular weight excluding hydrogens is 346 g/mol. The number of amides is 1. The van der Waals surface area contributed by atoms with Gasteiger partial charge in [-0.1, -0.05) is 24.3 Å². The Morgan fingerprint density at radius 1 is 0.963 bits per heavy atom. The maximum Gasteiger partial charge on any atom is 0.271 e. The van der Waals surface area contributed by atoms with E-state index in [1.165, 1.54) is 17.0 Å². The van der Waals surface area contributed by atoms with Crippen molar-refractivity contribution in [2.45, 2.75) is 0 Å². The van der Waals surface area contributed by atoms with E-state index >= 15 is 0 Å². The van der Waals surface area contributed by atoms with Crippen LogP contribution in [0.2, 0.25) is 0 Å². The number of carbonyl (C=O) groups is 2. The molecule has 0 saturated carbocycles. The lowest BCUT2D eigenvalue weighted by molar-refractivity contribution is -0.113. The predicted octanol–water partition coefficient (Wildman–Crippen LogP) is 0.247. The largest absolute Gasteiger partial charge is 0.508 e. The van der Waals surface area contributed by atoms with Crippen molar-refractivity contribution in [3.05, 3.63) is 80.6 Å². The van der Waals surface area contributed by atoms with Crippen molar-refractivity contribution in [2.75, 3.05) is 11.9 Å². The fourth-order valence-corrected chi connectivity index (χ4v) is 3.13. The smallest absolute Gasteiger partial charge is 0.271 e. The second-order valence-electron chi connectivity index (χ2n) is 6.19. The summed E-state index contributed by atoms with van der Waals surface area (Å²) < 4.78 is 0. The molecule has 3 aromatic rings. The highest BCUT2D eigenvalue weighted by molar-refractivity contribution is 6.51. The second-order valence-corrected chi connectivity index (χ2v) is 6.19. The zero-order chi connectivity index (χ0) is 19.1. The summed E-state index contributed by atoms with van der Waals surface area (Å²) in [5.41, 5.74) is 1.02. The van der Waals surface area contributed by atoms with Gasteiger partial charge in [-0.25, -0.2) is 0 Å². The van der Waals surface area contributed by atoms with Gasteiger partial charge in [0.1, 0.15) is 11.3 Å². The molecule has 0 bridgehead atoms. The first-order chi connectivity index (χ1) is 13.0. The molecule has 7 nitrogen and oxygen atoms in total. The van der Waals surface area contributed by atoms with E-state index in [0.29, 0.717) is 16.8 Å². The van der Waals surface area contributed by atoms with Crippen LogP contribution in [0.15, 0.2) is 53.3 Å². The fourth-order valence-electron chi connectivity index (χ4n) is 3.13. The number of para-hydroxylation sites is 1. The molecule has 0 atom stereocenters. The van der Waals surface area contributed by atoms with E-state index in [1.54, 1.807) is 49.5 Å². The van der Waals surface area contributed by atoms with Crippen LogP contribution in [0.4, 0.5) is 5.69 Å². The van der Waals surface area contributed by atoms with Gasteiger partial charge in [0.15, 0.2) is 0 Å². The zero-order valence-electron chi connectivity index (χ0n) is 14.3. The number of phenols is 1. The Bertz CT molecular complexity index is 1250. The summed E-state index contributed by atoms with van der Waals surface area (Å²) >= 11 is 0. The molecule has 0 spiro atoms. The Kier molecular flexibility index (Phi) is 3.77. The average Bonchev–Trinajstić information content (AvgIpc) is 3.02. The van der Waals surface area contributed by atoms with Crippen molar-refractivity contribution in [2.24, 2.45) is 0 Å². The van der Waals surface area contributed by atoms with Gasteiger partial charge in [0, 0.05) is 12.6 Å². The topological polar surface area (TPSA) is 106 Å². The summed E-state index contributed by atoms with van der Waals surface area (Å²) in [6.07, 6.45) is 1.55. The number of carbonyl (C=O) groups excluding carboxylic acids is 2. The molecule has 3 N–H and O–H groups in total. The van der Waals surface area contributed by atoms with Crippen LogP contribution in [-0.2, 0) is 4.79 Å². The molecule has 1 aliphatic heterocycles. The number of hydrogen-bond acceptors (Lipinski definition) is 4. The Morgan fingerprint density at radius 3 is 2.41 bits per heavy atom. The van der Waals surface area contributed by atoms with Gasteiger partial charge >= 0.3 is 0 Å². The third-order valence-electron chi connectivity index (χ3n) is 4.52. The molecule has 0 saturated heterocycles. The highest BCUT2D eigenvalue weighted by Gasteiger charge is 2.33. The quantitative estimate of drug-likeness (QED) is 0.577. The number of phenolic OH excluding ortho intramolecular Hbond substituents is 1. The van der Waals surface area contributed by atoms with Gasteiger partial charge in [0.25, 0.3) is 11.5 Å². The van der Waals surface area contributed by atoms with Crippen LogP contribution in [0.5, 0.6) is 5.75 Å².